The van der Waals surface area contributed by atoms with Gasteiger partial charge in [-0.1, -0.05) is 24.3 Å². The van der Waals surface area contributed by atoms with Crippen molar-refractivity contribution in [3.05, 3.63) is 64.7 Å². The van der Waals surface area contributed by atoms with E-state index in [2.05, 4.69) is 9.97 Å². The zero-order valence-corrected chi connectivity index (χ0v) is 16.1. The van der Waals surface area contributed by atoms with Gasteiger partial charge < -0.3 is 19.5 Å². The number of ether oxygens (including phenoxy) is 1. The Morgan fingerprint density at radius 3 is 2.72 bits per heavy atom. The van der Waals surface area contributed by atoms with Crippen molar-refractivity contribution in [3.8, 4) is 5.75 Å². The lowest BCUT2D eigenvalue weighted by Gasteiger charge is -2.35. The van der Waals surface area contributed by atoms with E-state index in [-0.39, 0.29) is 30.5 Å². The second kappa shape index (κ2) is 7.38. The summed E-state index contributed by atoms with van der Waals surface area (Å²) in [6.07, 6.45) is -0.842. The van der Waals surface area contributed by atoms with Gasteiger partial charge in [-0.2, -0.15) is 0 Å². The summed E-state index contributed by atoms with van der Waals surface area (Å²) in [6, 6.07) is 14.1. The molecule has 1 atom stereocenters. The second-order valence-corrected chi connectivity index (χ2v) is 6.93. The van der Waals surface area contributed by atoms with Gasteiger partial charge >= 0.3 is 0 Å². The van der Waals surface area contributed by atoms with Crippen molar-refractivity contribution in [1.82, 2.24) is 14.9 Å². The standard InChI is InChI=1S/C21H20N4O4/c1-13(26)25-11-18(29-17-10-6-5-9-16(17)25)21(28)24(2)12-19-22-15-8-4-3-7-14(15)20(27)23-19/h3-10,18H,11-12H2,1-2H3,(H,22,23,27)/t18-/m1/s1. The van der Waals surface area contributed by atoms with Gasteiger partial charge in [-0.15, -0.1) is 0 Å². The lowest BCUT2D eigenvalue weighted by atomic mass is 10.1. The molecule has 148 valence electrons. The van der Waals surface area contributed by atoms with Crippen molar-refractivity contribution in [3.63, 3.8) is 0 Å². The molecule has 1 aliphatic heterocycles. The fourth-order valence-electron chi connectivity index (χ4n) is 3.42. The topological polar surface area (TPSA) is 95.6 Å². The molecule has 1 aliphatic rings. The minimum atomic E-state index is -0.842. The Hall–Kier alpha value is -3.68. The van der Waals surface area contributed by atoms with Crippen molar-refractivity contribution in [1.29, 1.82) is 0 Å². The molecular weight excluding hydrogens is 372 g/mol. The summed E-state index contributed by atoms with van der Waals surface area (Å²) < 4.78 is 5.85. The SMILES string of the molecule is CC(=O)N1C[C@H](C(=O)N(C)Cc2nc3ccccc3c(=O)[nH]2)Oc2ccccc21. The van der Waals surface area contributed by atoms with Gasteiger partial charge in [-0.3, -0.25) is 14.4 Å². The van der Waals surface area contributed by atoms with Crippen LogP contribution in [-0.2, 0) is 16.1 Å². The Morgan fingerprint density at radius 2 is 1.93 bits per heavy atom. The van der Waals surface area contributed by atoms with Crippen LogP contribution < -0.4 is 15.2 Å². The van der Waals surface area contributed by atoms with Crippen LogP contribution >= 0.6 is 0 Å². The number of aromatic nitrogens is 2. The summed E-state index contributed by atoms with van der Waals surface area (Å²) in [7, 11) is 1.61. The minimum absolute atomic E-state index is 0.112. The zero-order chi connectivity index (χ0) is 20.5. The van der Waals surface area contributed by atoms with E-state index in [4.69, 9.17) is 4.74 Å². The van der Waals surface area contributed by atoms with E-state index < -0.39 is 6.10 Å². The van der Waals surface area contributed by atoms with E-state index in [0.717, 1.165) is 0 Å². The summed E-state index contributed by atoms with van der Waals surface area (Å²) in [5.74, 6) is 0.394. The largest absolute Gasteiger partial charge is 0.476 e. The summed E-state index contributed by atoms with van der Waals surface area (Å²) in [5.41, 5.74) is 0.960. The van der Waals surface area contributed by atoms with Gasteiger partial charge in [-0.25, -0.2) is 4.98 Å². The number of carbonyl (C=O) groups excluding carboxylic acids is 2. The third-order valence-corrected chi connectivity index (χ3v) is 4.85. The van der Waals surface area contributed by atoms with Crippen molar-refractivity contribution < 1.29 is 14.3 Å². The molecule has 4 rings (SSSR count). The number of nitrogens with zero attached hydrogens (tertiary/aromatic N) is 3. The summed E-state index contributed by atoms with van der Waals surface area (Å²) in [6.45, 7) is 1.69. The third kappa shape index (κ3) is 3.56. The molecule has 3 aromatic rings. The molecule has 2 amide bonds. The number of likely N-dealkylation sites (N-methyl/N-ethyl adjacent to an activating group) is 1. The number of hydrogen-bond acceptors (Lipinski definition) is 5. The van der Waals surface area contributed by atoms with Gasteiger partial charge in [0.05, 0.1) is 29.7 Å². The number of para-hydroxylation sites is 3. The van der Waals surface area contributed by atoms with Crippen LogP contribution in [0.4, 0.5) is 5.69 Å². The van der Waals surface area contributed by atoms with E-state index >= 15 is 0 Å². The predicted molar refractivity (Wildman–Crippen MR) is 108 cm³/mol. The maximum Gasteiger partial charge on any atom is 0.265 e. The molecule has 0 saturated carbocycles. The van der Waals surface area contributed by atoms with E-state index in [1.54, 1.807) is 49.5 Å². The van der Waals surface area contributed by atoms with E-state index in [0.29, 0.717) is 28.2 Å². The van der Waals surface area contributed by atoms with Crippen LogP contribution in [-0.4, -0.2) is 46.4 Å². The first-order valence-electron chi connectivity index (χ1n) is 9.21. The number of benzene rings is 2. The molecule has 2 heterocycles. The smallest absolute Gasteiger partial charge is 0.265 e. The molecule has 0 unspecified atom stereocenters. The molecule has 1 N–H and O–H groups in total. The number of carbonyl (C=O) groups is 2. The van der Waals surface area contributed by atoms with E-state index in [1.165, 1.54) is 16.7 Å². The number of anilines is 1. The van der Waals surface area contributed by atoms with Crippen LogP contribution in [0.2, 0.25) is 0 Å². The highest BCUT2D eigenvalue weighted by atomic mass is 16.5. The Morgan fingerprint density at radius 1 is 1.21 bits per heavy atom. The van der Waals surface area contributed by atoms with Gasteiger partial charge in [0.2, 0.25) is 5.91 Å². The Bertz CT molecular complexity index is 1160. The number of hydrogen-bond donors (Lipinski definition) is 1. The van der Waals surface area contributed by atoms with E-state index in [1.807, 2.05) is 6.07 Å². The molecule has 0 radical (unpaired) electrons. The number of rotatable bonds is 3. The first-order chi connectivity index (χ1) is 13.9. The number of amides is 2. The number of aromatic amines is 1. The molecule has 0 aliphatic carbocycles. The number of nitrogens with one attached hydrogen (secondary N) is 1. The fourth-order valence-corrected chi connectivity index (χ4v) is 3.42. The van der Waals surface area contributed by atoms with Gasteiger partial charge in [-0.05, 0) is 24.3 Å². The second-order valence-electron chi connectivity index (χ2n) is 6.93. The van der Waals surface area contributed by atoms with Crippen LogP contribution in [0.15, 0.2) is 53.3 Å². The molecule has 0 fully saturated rings. The van der Waals surface area contributed by atoms with Crippen molar-refractivity contribution in [2.45, 2.75) is 19.6 Å². The Balaban J connectivity index is 1.55. The number of H-pyrrole nitrogens is 1. The predicted octanol–water partition coefficient (Wildman–Crippen LogP) is 1.70. The van der Waals surface area contributed by atoms with Gasteiger partial charge in [0, 0.05) is 14.0 Å². The monoisotopic (exact) mass is 392 g/mol. The highest BCUT2D eigenvalue weighted by Crippen LogP contribution is 2.33. The molecule has 8 heteroatoms. The van der Waals surface area contributed by atoms with Crippen molar-refractivity contribution in [2.24, 2.45) is 0 Å². The molecular formula is C21H20N4O4. The summed E-state index contributed by atoms with van der Waals surface area (Å²) >= 11 is 0. The van der Waals surface area contributed by atoms with Gasteiger partial charge in [0.15, 0.2) is 6.10 Å². The lowest BCUT2D eigenvalue weighted by molar-refractivity contribution is -0.138. The Kier molecular flexibility index (Phi) is 4.75. The summed E-state index contributed by atoms with van der Waals surface area (Å²) in [5, 5.41) is 0.495. The maximum absolute atomic E-state index is 13.0. The Labute approximate surface area is 166 Å². The maximum atomic E-state index is 13.0. The lowest BCUT2D eigenvalue weighted by Crippen LogP contribution is -2.50. The van der Waals surface area contributed by atoms with Crippen LogP contribution in [0.25, 0.3) is 10.9 Å². The van der Waals surface area contributed by atoms with Crippen LogP contribution in [0.5, 0.6) is 5.75 Å². The van der Waals surface area contributed by atoms with Crippen molar-refractivity contribution >= 4 is 28.4 Å². The average molecular weight is 392 g/mol. The molecule has 2 aromatic carbocycles. The fraction of sp³-hybridized carbons (Fsp3) is 0.238. The highest BCUT2D eigenvalue weighted by molar-refractivity contribution is 5.95. The van der Waals surface area contributed by atoms with Gasteiger partial charge in [0.25, 0.3) is 11.5 Å². The molecule has 29 heavy (non-hydrogen) atoms. The normalized spacial score (nSPS) is 15.5. The first-order valence-corrected chi connectivity index (χ1v) is 9.21. The van der Waals surface area contributed by atoms with E-state index in [9.17, 15) is 14.4 Å². The average Bonchev–Trinajstić information content (AvgIpc) is 2.72. The number of fused-ring (bicyclic) bond motifs is 2. The molecule has 0 saturated heterocycles. The zero-order valence-electron chi connectivity index (χ0n) is 16.1. The molecule has 0 spiro atoms. The summed E-state index contributed by atoms with van der Waals surface area (Å²) in [4.78, 5) is 47.4. The molecule has 0 bridgehead atoms. The van der Waals surface area contributed by atoms with Crippen LogP contribution in [0.3, 0.4) is 0 Å². The molecule has 8 nitrogen and oxygen atoms in total. The third-order valence-electron chi connectivity index (χ3n) is 4.85. The quantitative estimate of drug-likeness (QED) is 0.732. The minimum Gasteiger partial charge on any atom is -0.476 e. The molecule has 1 aromatic heterocycles. The van der Waals surface area contributed by atoms with Gasteiger partial charge in [0.1, 0.15) is 11.6 Å². The van der Waals surface area contributed by atoms with Crippen LogP contribution in [0, 0.1) is 0 Å². The first kappa shape index (κ1) is 18.7. The highest BCUT2D eigenvalue weighted by Gasteiger charge is 2.34. The van der Waals surface area contributed by atoms with Crippen molar-refractivity contribution in [2.75, 3.05) is 18.5 Å². The van der Waals surface area contributed by atoms with Crippen LogP contribution in [0.1, 0.15) is 12.7 Å².